The summed E-state index contributed by atoms with van der Waals surface area (Å²) in [5.41, 5.74) is 2.92. The summed E-state index contributed by atoms with van der Waals surface area (Å²) in [6, 6.07) is 8.49. The number of hydrogen-bond donors (Lipinski definition) is 2. The maximum Gasteiger partial charge on any atom is 0.317 e. The van der Waals surface area contributed by atoms with E-state index in [2.05, 4.69) is 29.6 Å². The lowest BCUT2D eigenvalue weighted by Crippen LogP contribution is -2.52. The van der Waals surface area contributed by atoms with Crippen LogP contribution in [-0.2, 0) is 16.6 Å². The van der Waals surface area contributed by atoms with Crippen LogP contribution in [0, 0.1) is 0 Å². The number of urea groups is 1. The van der Waals surface area contributed by atoms with E-state index in [-0.39, 0.29) is 24.4 Å². The van der Waals surface area contributed by atoms with Crippen LogP contribution < -0.4 is 5.32 Å². The minimum absolute atomic E-state index is 0.0342. The van der Waals surface area contributed by atoms with E-state index in [4.69, 9.17) is 5.11 Å². The van der Waals surface area contributed by atoms with Crippen molar-refractivity contribution in [1.82, 2.24) is 10.2 Å². The molecule has 23 heavy (non-hydrogen) atoms. The number of amides is 2. The third-order valence-electron chi connectivity index (χ3n) is 5.17. The van der Waals surface area contributed by atoms with Gasteiger partial charge in [-0.15, -0.1) is 0 Å². The number of hydrogen-bond acceptors (Lipinski definition) is 2. The molecule has 1 unspecified atom stereocenters. The Morgan fingerprint density at radius 2 is 2.00 bits per heavy atom. The zero-order chi connectivity index (χ0) is 16.3. The van der Waals surface area contributed by atoms with Crippen LogP contribution in [0.5, 0.6) is 0 Å². The summed E-state index contributed by atoms with van der Waals surface area (Å²) in [5.74, 6) is -0.887. The molecule has 124 valence electrons. The van der Waals surface area contributed by atoms with Crippen LogP contribution in [0.3, 0.4) is 0 Å². The third-order valence-corrected chi connectivity index (χ3v) is 5.17. The van der Waals surface area contributed by atoms with Gasteiger partial charge in [0.2, 0.25) is 0 Å². The monoisotopic (exact) mass is 316 g/mol. The molecule has 1 saturated heterocycles. The number of rotatable bonds is 3. The van der Waals surface area contributed by atoms with Gasteiger partial charge in [0.25, 0.3) is 0 Å². The number of carbonyl (C=O) groups excluding carboxylic acids is 1. The average Bonchev–Trinajstić information content (AvgIpc) is 2.55. The van der Waals surface area contributed by atoms with Crippen molar-refractivity contribution in [3.8, 4) is 0 Å². The number of likely N-dealkylation sites (tertiary alicyclic amines) is 1. The number of aryl methyl sites for hydroxylation is 1. The van der Waals surface area contributed by atoms with Crippen LogP contribution in [0.4, 0.5) is 4.79 Å². The van der Waals surface area contributed by atoms with Crippen molar-refractivity contribution in [2.24, 2.45) is 0 Å². The van der Waals surface area contributed by atoms with Gasteiger partial charge in [0.05, 0.1) is 6.42 Å². The molecule has 2 amide bonds. The molecule has 1 aliphatic heterocycles. The number of carbonyl (C=O) groups is 2. The van der Waals surface area contributed by atoms with E-state index >= 15 is 0 Å². The fourth-order valence-corrected chi connectivity index (χ4v) is 4.12. The highest BCUT2D eigenvalue weighted by atomic mass is 16.4. The Morgan fingerprint density at radius 3 is 2.83 bits per heavy atom. The maximum absolute atomic E-state index is 12.3. The smallest absolute Gasteiger partial charge is 0.317 e. The normalized spacial score (nSPS) is 23.4. The Labute approximate surface area is 136 Å². The molecule has 3 rings (SSSR count). The average molecular weight is 316 g/mol. The topological polar surface area (TPSA) is 69.6 Å². The van der Waals surface area contributed by atoms with Crippen LogP contribution >= 0.6 is 0 Å². The number of aliphatic carboxylic acids is 1. The van der Waals surface area contributed by atoms with Gasteiger partial charge < -0.3 is 15.3 Å². The van der Waals surface area contributed by atoms with E-state index in [9.17, 15) is 9.59 Å². The van der Waals surface area contributed by atoms with Crippen LogP contribution in [0.25, 0.3) is 0 Å². The fraction of sp³-hybridized carbons (Fsp3) is 0.556. The Bertz CT molecular complexity index is 602. The highest BCUT2D eigenvalue weighted by Gasteiger charge is 2.41. The molecule has 0 radical (unpaired) electrons. The SMILES string of the molecule is O=C(O)CCNC(=O)N1CCCC2(CCCc3ccccc32)C1. The third kappa shape index (κ3) is 3.33. The first kappa shape index (κ1) is 15.8. The van der Waals surface area contributed by atoms with Gasteiger partial charge in [-0.25, -0.2) is 4.79 Å². The molecule has 5 nitrogen and oxygen atoms in total. The molecule has 0 bridgehead atoms. The van der Waals surface area contributed by atoms with Crippen molar-refractivity contribution in [2.75, 3.05) is 19.6 Å². The number of carboxylic acids is 1. The van der Waals surface area contributed by atoms with E-state index < -0.39 is 5.97 Å². The second-order valence-corrected chi connectivity index (χ2v) is 6.69. The summed E-state index contributed by atoms with van der Waals surface area (Å²) in [7, 11) is 0. The molecular weight excluding hydrogens is 292 g/mol. The zero-order valence-corrected chi connectivity index (χ0v) is 13.4. The summed E-state index contributed by atoms with van der Waals surface area (Å²) < 4.78 is 0. The first-order chi connectivity index (χ1) is 11.1. The second-order valence-electron chi connectivity index (χ2n) is 6.69. The Hall–Kier alpha value is -2.04. The highest BCUT2D eigenvalue weighted by molar-refractivity contribution is 5.75. The van der Waals surface area contributed by atoms with Gasteiger partial charge in [-0.2, -0.15) is 0 Å². The quantitative estimate of drug-likeness (QED) is 0.900. The van der Waals surface area contributed by atoms with Crippen molar-refractivity contribution >= 4 is 12.0 Å². The van der Waals surface area contributed by atoms with E-state index in [1.165, 1.54) is 17.5 Å². The fourth-order valence-electron chi connectivity index (χ4n) is 4.12. The zero-order valence-electron chi connectivity index (χ0n) is 13.4. The molecule has 1 aliphatic carbocycles. The minimum atomic E-state index is -0.887. The second kappa shape index (κ2) is 6.60. The van der Waals surface area contributed by atoms with Gasteiger partial charge in [0.1, 0.15) is 0 Å². The van der Waals surface area contributed by atoms with Crippen molar-refractivity contribution in [2.45, 2.75) is 43.9 Å². The first-order valence-corrected chi connectivity index (χ1v) is 8.44. The molecule has 0 saturated carbocycles. The number of nitrogens with zero attached hydrogens (tertiary/aromatic N) is 1. The van der Waals surface area contributed by atoms with Crippen LogP contribution in [0.1, 0.15) is 43.2 Å². The molecule has 0 aromatic heterocycles. The van der Waals surface area contributed by atoms with E-state index in [0.29, 0.717) is 0 Å². The summed E-state index contributed by atoms with van der Waals surface area (Å²) in [5, 5.41) is 11.4. The van der Waals surface area contributed by atoms with Gasteiger partial charge in [0, 0.05) is 25.0 Å². The number of nitrogens with one attached hydrogen (secondary N) is 1. The molecule has 1 atom stereocenters. The molecule has 1 aromatic rings. The van der Waals surface area contributed by atoms with Crippen LogP contribution in [0.15, 0.2) is 24.3 Å². The number of piperidine rings is 1. The molecule has 5 heteroatoms. The summed E-state index contributed by atoms with van der Waals surface area (Å²) in [6.07, 6.45) is 5.52. The Morgan fingerprint density at radius 1 is 1.22 bits per heavy atom. The Kier molecular flexibility index (Phi) is 4.55. The standard InChI is InChI=1S/C18H24N2O3/c21-16(22)8-11-19-17(23)20-12-4-10-18(13-20)9-3-6-14-5-1-2-7-15(14)18/h1-2,5,7H,3-4,6,8-13H2,(H,19,23)(H,21,22). The van der Waals surface area contributed by atoms with Crippen LogP contribution in [0.2, 0.25) is 0 Å². The van der Waals surface area contributed by atoms with E-state index in [1.807, 2.05) is 4.90 Å². The lowest BCUT2D eigenvalue weighted by Gasteiger charge is -2.46. The lowest BCUT2D eigenvalue weighted by molar-refractivity contribution is -0.136. The van der Waals surface area contributed by atoms with Gasteiger partial charge >= 0.3 is 12.0 Å². The van der Waals surface area contributed by atoms with Crippen molar-refractivity contribution in [3.05, 3.63) is 35.4 Å². The predicted molar refractivity (Wildman–Crippen MR) is 87.5 cm³/mol. The molecular formula is C18H24N2O3. The van der Waals surface area contributed by atoms with Gasteiger partial charge in [0.15, 0.2) is 0 Å². The minimum Gasteiger partial charge on any atom is -0.481 e. The summed E-state index contributed by atoms with van der Waals surface area (Å²) >= 11 is 0. The van der Waals surface area contributed by atoms with Crippen LogP contribution in [-0.4, -0.2) is 41.6 Å². The molecule has 2 aliphatic rings. The van der Waals surface area contributed by atoms with Gasteiger partial charge in [-0.05, 0) is 43.2 Å². The predicted octanol–water partition coefficient (Wildman–Crippen LogP) is 2.54. The van der Waals surface area contributed by atoms with E-state index in [0.717, 1.165) is 38.8 Å². The van der Waals surface area contributed by atoms with Gasteiger partial charge in [-0.3, -0.25) is 4.79 Å². The molecule has 1 fully saturated rings. The van der Waals surface area contributed by atoms with Gasteiger partial charge in [-0.1, -0.05) is 24.3 Å². The maximum atomic E-state index is 12.3. The molecule has 1 aromatic carbocycles. The lowest BCUT2D eigenvalue weighted by atomic mass is 9.66. The van der Waals surface area contributed by atoms with Crippen molar-refractivity contribution < 1.29 is 14.7 Å². The van der Waals surface area contributed by atoms with E-state index in [1.54, 1.807) is 0 Å². The summed E-state index contributed by atoms with van der Waals surface area (Å²) in [6.45, 7) is 1.68. The number of benzene rings is 1. The van der Waals surface area contributed by atoms with Crippen molar-refractivity contribution in [1.29, 1.82) is 0 Å². The molecule has 1 heterocycles. The Balaban J connectivity index is 1.71. The molecule has 2 N–H and O–H groups in total. The number of fused-ring (bicyclic) bond motifs is 2. The van der Waals surface area contributed by atoms with Crippen molar-refractivity contribution in [3.63, 3.8) is 0 Å². The largest absolute Gasteiger partial charge is 0.481 e. The summed E-state index contributed by atoms with van der Waals surface area (Å²) in [4.78, 5) is 24.8. The first-order valence-electron chi connectivity index (χ1n) is 8.44. The highest BCUT2D eigenvalue weighted by Crippen LogP contribution is 2.43. The number of carboxylic acid groups (broad SMARTS) is 1. The molecule has 1 spiro atoms.